The summed E-state index contributed by atoms with van der Waals surface area (Å²) in [5.74, 6) is -0.572. The molecule has 11 nitrogen and oxygen atoms in total. The van der Waals surface area contributed by atoms with Crippen molar-refractivity contribution >= 4 is 34.4 Å². The molecule has 0 spiro atoms. The largest absolute Gasteiger partial charge is 0.465 e. The minimum atomic E-state index is -1.15. The lowest BCUT2D eigenvalue weighted by molar-refractivity contribution is -0.142. The number of carboxylic acid groups (broad SMARTS) is 1. The summed E-state index contributed by atoms with van der Waals surface area (Å²) in [6.45, 7) is 1.40. The molecule has 6 rings (SSSR count). The van der Waals surface area contributed by atoms with Gasteiger partial charge in [-0.3, -0.25) is 18.7 Å². The lowest BCUT2D eigenvalue weighted by Crippen LogP contribution is -2.53. The highest BCUT2D eigenvalue weighted by Crippen LogP contribution is 2.35. The monoisotopic (exact) mass is 562 g/mol. The van der Waals surface area contributed by atoms with Crippen LogP contribution in [0.4, 0.5) is 4.79 Å². The standard InChI is InChI=1S/C28H30N6O5S/c35-24(20-6-11-32(27(37)38)16-22(20)19-4-2-1-3-5-19)31-13-8-28(39,9-14-31)17-33-18-30-23-21(25(33)36)7-12-34(23)26-29-10-15-40-26/h1-5,7,10,12,15,18,20,22,39H,6,8-9,11,13-14,16-17H2,(H,37,38)/t20-,22+/m1/s1. The van der Waals surface area contributed by atoms with Crippen molar-refractivity contribution in [3.8, 4) is 5.13 Å². The van der Waals surface area contributed by atoms with Gasteiger partial charge in [0, 0.05) is 55.8 Å². The van der Waals surface area contributed by atoms with Crippen molar-refractivity contribution in [2.75, 3.05) is 26.2 Å². The van der Waals surface area contributed by atoms with Crippen LogP contribution in [-0.4, -0.2) is 82.9 Å². The first kappa shape index (κ1) is 26.2. The molecule has 40 heavy (non-hydrogen) atoms. The Morgan fingerprint density at radius 1 is 1.05 bits per heavy atom. The number of carbonyl (C=O) groups is 2. The number of aromatic nitrogens is 4. The molecule has 0 saturated carbocycles. The predicted molar refractivity (Wildman–Crippen MR) is 149 cm³/mol. The number of benzene rings is 1. The third-order valence-electron chi connectivity index (χ3n) is 8.19. The van der Waals surface area contributed by atoms with Gasteiger partial charge in [0.1, 0.15) is 6.33 Å². The predicted octanol–water partition coefficient (Wildman–Crippen LogP) is 2.78. The van der Waals surface area contributed by atoms with Crippen molar-refractivity contribution in [3.05, 3.63) is 76.4 Å². The van der Waals surface area contributed by atoms with Gasteiger partial charge in [0.2, 0.25) is 5.91 Å². The van der Waals surface area contributed by atoms with Gasteiger partial charge in [-0.25, -0.2) is 14.8 Å². The van der Waals surface area contributed by atoms with Crippen LogP contribution in [-0.2, 0) is 11.3 Å². The number of rotatable bonds is 5. The molecule has 2 aliphatic rings. The molecule has 208 valence electrons. The van der Waals surface area contributed by atoms with E-state index in [1.807, 2.05) is 35.7 Å². The lowest BCUT2D eigenvalue weighted by atomic mass is 9.79. The van der Waals surface area contributed by atoms with Gasteiger partial charge in [0.25, 0.3) is 5.56 Å². The molecule has 12 heteroatoms. The topological polar surface area (TPSA) is 134 Å². The molecule has 0 radical (unpaired) electrons. The van der Waals surface area contributed by atoms with Gasteiger partial charge in [0.15, 0.2) is 10.8 Å². The maximum Gasteiger partial charge on any atom is 0.407 e. The fourth-order valence-corrected chi connectivity index (χ4v) is 6.59. The van der Waals surface area contributed by atoms with Gasteiger partial charge in [-0.15, -0.1) is 11.3 Å². The van der Waals surface area contributed by atoms with Crippen molar-refractivity contribution < 1.29 is 19.8 Å². The number of carbonyl (C=O) groups excluding carboxylic acids is 1. The zero-order chi connectivity index (χ0) is 27.9. The summed E-state index contributed by atoms with van der Waals surface area (Å²) in [6, 6.07) is 11.3. The van der Waals surface area contributed by atoms with E-state index in [-0.39, 0.29) is 36.4 Å². The Morgan fingerprint density at radius 2 is 1.82 bits per heavy atom. The van der Waals surface area contributed by atoms with Gasteiger partial charge >= 0.3 is 6.09 Å². The Hall–Kier alpha value is -4.03. The molecule has 1 aromatic carbocycles. The second-order valence-corrected chi connectivity index (χ2v) is 11.5. The fourth-order valence-electron chi connectivity index (χ4n) is 5.97. The third kappa shape index (κ3) is 4.88. The van der Waals surface area contributed by atoms with Crippen molar-refractivity contribution in [2.24, 2.45) is 5.92 Å². The van der Waals surface area contributed by atoms with Crippen LogP contribution in [0.2, 0.25) is 0 Å². The Kier molecular flexibility index (Phi) is 6.88. The molecule has 3 aromatic heterocycles. The van der Waals surface area contributed by atoms with Crippen molar-refractivity contribution in [3.63, 3.8) is 0 Å². The lowest BCUT2D eigenvalue weighted by Gasteiger charge is -2.42. The second-order valence-electron chi connectivity index (χ2n) is 10.6. The molecule has 0 aliphatic carbocycles. The highest BCUT2D eigenvalue weighted by atomic mass is 32.1. The van der Waals surface area contributed by atoms with Crippen LogP contribution in [0.3, 0.4) is 0 Å². The first-order chi connectivity index (χ1) is 19.3. The van der Waals surface area contributed by atoms with E-state index >= 15 is 0 Å². The average Bonchev–Trinajstić information content (AvgIpc) is 3.65. The molecule has 2 N–H and O–H groups in total. The number of hydrogen-bond acceptors (Lipinski definition) is 7. The molecule has 2 fully saturated rings. The maximum atomic E-state index is 13.7. The van der Waals surface area contributed by atoms with E-state index in [1.165, 1.54) is 27.1 Å². The van der Waals surface area contributed by atoms with Crippen LogP contribution < -0.4 is 5.56 Å². The fraction of sp³-hybridized carbons (Fsp3) is 0.393. The molecule has 0 unspecified atom stereocenters. The third-order valence-corrected chi connectivity index (χ3v) is 8.96. The molecule has 2 saturated heterocycles. The van der Waals surface area contributed by atoms with Crippen LogP contribution in [0.5, 0.6) is 0 Å². The van der Waals surface area contributed by atoms with Crippen molar-refractivity contribution in [2.45, 2.75) is 37.3 Å². The second kappa shape index (κ2) is 10.5. The summed E-state index contributed by atoms with van der Waals surface area (Å²) in [5.41, 5.74) is 0.0826. The first-order valence-corrected chi connectivity index (χ1v) is 14.2. The van der Waals surface area contributed by atoms with Crippen LogP contribution in [0.15, 0.2) is 65.3 Å². The van der Waals surface area contributed by atoms with Crippen LogP contribution >= 0.6 is 11.3 Å². The van der Waals surface area contributed by atoms with Crippen molar-refractivity contribution in [1.82, 2.24) is 28.9 Å². The highest BCUT2D eigenvalue weighted by molar-refractivity contribution is 7.12. The molecular formula is C28H30N6O5S. The normalized spacial score (nSPS) is 21.0. The number of thiazole rings is 1. The molecule has 4 aromatic rings. The number of nitrogens with zero attached hydrogens (tertiary/aromatic N) is 6. The SMILES string of the molecule is O=C(O)N1CC[C@@H](C(=O)N2CCC(O)(Cn3cnc4c(ccn4-c4nccs4)c3=O)CC2)[C@H](c2ccccc2)C1. The van der Waals surface area contributed by atoms with E-state index in [0.717, 1.165) is 10.7 Å². The number of aliphatic hydroxyl groups is 1. The Labute approximate surface area is 233 Å². The van der Waals surface area contributed by atoms with Crippen LogP contribution in [0, 0.1) is 5.92 Å². The number of likely N-dealkylation sites (tertiary alicyclic amines) is 2. The summed E-state index contributed by atoms with van der Waals surface area (Å²) in [5, 5.41) is 24.0. The highest BCUT2D eigenvalue weighted by Gasteiger charge is 2.41. The van der Waals surface area contributed by atoms with Gasteiger partial charge < -0.3 is 20.0 Å². The number of fused-ring (bicyclic) bond motifs is 1. The molecular weight excluding hydrogens is 532 g/mol. The Balaban J connectivity index is 1.15. The molecule has 5 heterocycles. The Bertz CT molecular complexity index is 1580. The van der Waals surface area contributed by atoms with Crippen LogP contribution in [0.25, 0.3) is 16.2 Å². The molecule has 0 bridgehead atoms. The van der Waals surface area contributed by atoms with Crippen LogP contribution in [0.1, 0.15) is 30.7 Å². The minimum absolute atomic E-state index is 0.00952. The maximum absolute atomic E-state index is 13.7. The quantitative estimate of drug-likeness (QED) is 0.382. The van der Waals surface area contributed by atoms with E-state index in [0.29, 0.717) is 49.9 Å². The van der Waals surface area contributed by atoms with E-state index in [9.17, 15) is 24.6 Å². The molecule has 2 atom stereocenters. The summed E-state index contributed by atoms with van der Waals surface area (Å²) < 4.78 is 3.22. The minimum Gasteiger partial charge on any atom is -0.465 e. The van der Waals surface area contributed by atoms with Gasteiger partial charge in [-0.1, -0.05) is 30.3 Å². The summed E-state index contributed by atoms with van der Waals surface area (Å²) >= 11 is 1.45. The van der Waals surface area contributed by atoms with E-state index < -0.39 is 11.7 Å². The first-order valence-electron chi connectivity index (χ1n) is 13.3. The van der Waals surface area contributed by atoms with Gasteiger partial charge in [-0.2, -0.15) is 0 Å². The number of amides is 2. The zero-order valence-electron chi connectivity index (χ0n) is 21.8. The average molecular weight is 563 g/mol. The number of hydrogen-bond donors (Lipinski definition) is 2. The summed E-state index contributed by atoms with van der Waals surface area (Å²) in [7, 11) is 0. The summed E-state index contributed by atoms with van der Waals surface area (Å²) in [6.07, 6.45) is 5.06. The molecule has 2 aliphatic heterocycles. The van der Waals surface area contributed by atoms with E-state index in [4.69, 9.17) is 0 Å². The van der Waals surface area contributed by atoms with E-state index in [2.05, 4.69) is 9.97 Å². The van der Waals surface area contributed by atoms with Crippen molar-refractivity contribution in [1.29, 1.82) is 0 Å². The van der Waals surface area contributed by atoms with Gasteiger partial charge in [-0.05, 0) is 30.9 Å². The Morgan fingerprint density at radius 3 is 2.52 bits per heavy atom. The number of piperidine rings is 2. The van der Waals surface area contributed by atoms with Gasteiger partial charge in [0.05, 0.1) is 17.5 Å². The van der Waals surface area contributed by atoms with E-state index in [1.54, 1.807) is 27.9 Å². The smallest absolute Gasteiger partial charge is 0.407 e. The summed E-state index contributed by atoms with van der Waals surface area (Å²) in [4.78, 5) is 50.5. The zero-order valence-corrected chi connectivity index (χ0v) is 22.6. The molecule has 2 amide bonds.